The van der Waals surface area contributed by atoms with Crippen LogP contribution in [0.3, 0.4) is 0 Å². The van der Waals surface area contributed by atoms with Crippen LogP contribution in [0.25, 0.3) is 11.1 Å². The summed E-state index contributed by atoms with van der Waals surface area (Å²) in [5.41, 5.74) is 2.86. The van der Waals surface area contributed by atoms with Crippen LogP contribution in [-0.2, 0) is 0 Å². The van der Waals surface area contributed by atoms with Crippen molar-refractivity contribution < 1.29 is 9.21 Å². The summed E-state index contributed by atoms with van der Waals surface area (Å²) in [5.74, 6) is 0.350. The van der Waals surface area contributed by atoms with Crippen LogP contribution in [0.4, 0.5) is 5.69 Å². The van der Waals surface area contributed by atoms with Crippen molar-refractivity contribution in [3.63, 3.8) is 0 Å². The molecule has 1 N–H and O–H groups in total. The number of para-hydroxylation sites is 1. The van der Waals surface area contributed by atoms with Crippen LogP contribution >= 0.6 is 23.2 Å². The second kappa shape index (κ2) is 6.49. The fourth-order valence-electron chi connectivity index (χ4n) is 2.36. The summed E-state index contributed by atoms with van der Waals surface area (Å²) < 4.78 is 5.17. The van der Waals surface area contributed by atoms with Crippen molar-refractivity contribution in [1.82, 2.24) is 0 Å². The van der Waals surface area contributed by atoms with Crippen molar-refractivity contribution in [3.05, 3.63) is 76.2 Å². The molecule has 0 saturated carbocycles. The number of carbonyl (C=O) groups excluding carboxylic acids is 1. The van der Waals surface area contributed by atoms with Crippen molar-refractivity contribution in [3.8, 4) is 11.1 Å². The number of carbonyl (C=O) groups is 1. The molecule has 0 bridgehead atoms. The number of benzene rings is 2. The summed E-state index contributed by atoms with van der Waals surface area (Å²) in [4.78, 5) is 12.4. The average Bonchev–Trinajstić information content (AvgIpc) is 2.93. The minimum atomic E-state index is -0.225. The third kappa shape index (κ3) is 3.41. The number of rotatable bonds is 3. The van der Waals surface area contributed by atoms with E-state index in [1.54, 1.807) is 19.1 Å². The summed E-state index contributed by atoms with van der Waals surface area (Å²) in [6, 6.07) is 14.4. The standard InChI is InChI=1S/C18H13Cl2NO2/c1-11-15(6-7-23-11)18(22)21-17-5-3-2-4-16(17)12-8-13(19)10-14(20)9-12/h2-10H,1H3,(H,21,22). The lowest BCUT2D eigenvalue weighted by Gasteiger charge is -2.12. The molecule has 0 aliphatic rings. The zero-order valence-corrected chi connectivity index (χ0v) is 13.8. The van der Waals surface area contributed by atoms with Gasteiger partial charge in [-0.05, 0) is 42.8 Å². The first-order valence-electron chi connectivity index (χ1n) is 6.95. The van der Waals surface area contributed by atoms with E-state index in [2.05, 4.69) is 5.32 Å². The van der Waals surface area contributed by atoms with E-state index < -0.39 is 0 Å². The van der Waals surface area contributed by atoms with Crippen molar-refractivity contribution >= 4 is 34.8 Å². The maximum absolute atomic E-state index is 12.4. The lowest BCUT2D eigenvalue weighted by atomic mass is 10.0. The number of furan rings is 1. The number of hydrogen-bond donors (Lipinski definition) is 1. The molecule has 0 radical (unpaired) electrons. The monoisotopic (exact) mass is 345 g/mol. The molecule has 1 aromatic heterocycles. The second-order valence-electron chi connectivity index (χ2n) is 5.05. The molecule has 23 heavy (non-hydrogen) atoms. The van der Waals surface area contributed by atoms with Crippen molar-refractivity contribution in [2.24, 2.45) is 0 Å². The predicted octanol–water partition coefficient (Wildman–Crippen LogP) is 5.81. The zero-order chi connectivity index (χ0) is 16.4. The first-order chi connectivity index (χ1) is 11.0. The number of nitrogens with one attached hydrogen (secondary N) is 1. The summed E-state index contributed by atoms with van der Waals surface area (Å²) >= 11 is 12.2. The van der Waals surface area contributed by atoms with E-state index in [1.807, 2.05) is 36.4 Å². The lowest BCUT2D eigenvalue weighted by Crippen LogP contribution is -2.12. The maximum atomic E-state index is 12.4. The highest BCUT2D eigenvalue weighted by atomic mass is 35.5. The van der Waals surface area contributed by atoms with Gasteiger partial charge in [-0.3, -0.25) is 4.79 Å². The van der Waals surface area contributed by atoms with Crippen molar-refractivity contribution in [2.45, 2.75) is 6.92 Å². The van der Waals surface area contributed by atoms with E-state index in [1.165, 1.54) is 6.26 Å². The van der Waals surface area contributed by atoms with Crippen LogP contribution in [0.15, 0.2) is 59.2 Å². The third-order valence-corrected chi connectivity index (χ3v) is 3.89. The van der Waals surface area contributed by atoms with E-state index in [9.17, 15) is 4.79 Å². The number of amides is 1. The Bertz CT molecular complexity index is 851. The minimum absolute atomic E-state index is 0.225. The van der Waals surface area contributed by atoms with Crippen LogP contribution in [-0.4, -0.2) is 5.91 Å². The van der Waals surface area contributed by atoms with Gasteiger partial charge in [-0.2, -0.15) is 0 Å². The molecule has 2 aromatic carbocycles. The molecule has 3 rings (SSSR count). The summed E-state index contributed by atoms with van der Waals surface area (Å²) in [7, 11) is 0. The minimum Gasteiger partial charge on any atom is -0.469 e. The van der Waals surface area contributed by atoms with Crippen LogP contribution in [0.2, 0.25) is 10.0 Å². The van der Waals surface area contributed by atoms with Crippen LogP contribution in [0.5, 0.6) is 0 Å². The van der Waals surface area contributed by atoms with Gasteiger partial charge in [0.15, 0.2) is 0 Å². The first-order valence-corrected chi connectivity index (χ1v) is 7.71. The predicted molar refractivity (Wildman–Crippen MR) is 93.3 cm³/mol. The van der Waals surface area contributed by atoms with E-state index in [-0.39, 0.29) is 5.91 Å². The number of hydrogen-bond acceptors (Lipinski definition) is 2. The molecule has 0 saturated heterocycles. The van der Waals surface area contributed by atoms with Gasteiger partial charge in [0.1, 0.15) is 5.76 Å². The smallest absolute Gasteiger partial charge is 0.259 e. The third-order valence-electron chi connectivity index (χ3n) is 3.45. The van der Waals surface area contributed by atoms with Gasteiger partial charge in [0.25, 0.3) is 5.91 Å². The van der Waals surface area contributed by atoms with Gasteiger partial charge in [-0.1, -0.05) is 41.4 Å². The van der Waals surface area contributed by atoms with Crippen LogP contribution in [0, 0.1) is 6.92 Å². The van der Waals surface area contributed by atoms with E-state index in [4.69, 9.17) is 27.6 Å². The Balaban J connectivity index is 1.98. The number of aryl methyl sites for hydroxylation is 1. The molecular weight excluding hydrogens is 333 g/mol. The topological polar surface area (TPSA) is 42.2 Å². The molecule has 5 heteroatoms. The van der Waals surface area contributed by atoms with Gasteiger partial charge in [-0.25, -0.2) is 0 Å². The fourth-order valence-corrected chi connectivity index (χ4v) is 2.89. The maximum Gasteiger partial charge on any atom is 0.259 e. The Morgan fingerprint density at radius 2 is 1.74 bits per heavy atom. The Labute approximate surface area is 143 Å². The lowest BCUT2D eigenvalue weighted by molar-refractivity contribution is 0.102. The molecule has 116 valence electrons. The summed E-state index contributed by atoms with van der Waals surface area (Å²) in [5, 5.41) is 3.99. The highest BCUT2D eigenvalue weighted by Gasteiger charge is 2.14. The van der Waals surface area contributed by atoms with Gasteiger partial charge >= 0.3 is 0 Å². The van der Waals surface area contributed by atoms with Crippen LogP contribution < -0.4 is 5.32 Å². The van der Waals surface area contributed by atoms with Gasteiger partial charge in [0.05, 0.1) is 11.8 Å². The van der Waals surface area contributed by atoms with Gasteiger partial charge in [0.2, 0.25) is 0 Å². The van der Waals surface area contributed by atoms with E-state index in [0.29, 0.717) is 27.1 Å². The van der Waals surface area contributed by atoms with E-state index >= 15 is 0 Å². The normalized spacial score (nSPS) is 10.6. The number of anilines is 1. The molecule has 0 unspecified atom stereocenters. The molecule has 0 aliphatic heterocycles. The van der Waals surface area contributed by atoms with Crippen molar-refractivity contribution in [2.75, 3.05) is 5.32 Å². The molecule has 1 amide bonds. The largest absolute Gasteiger partial charge is 0.469 e. The highest BCUT2D eigenvalue weighted by Crippen LogP contribution is 2.32. The van der Waals surface area contributed by atoms with Crippen molar-refractivity contribution in [1.29, 1.82) is 0 Å². The highest BCUT2D eigenvalue weighted by molar-refractivity contribution is 6.35. The number of halogens is 2. The van der Waals surface area contributed by atoms with Gasteiger partial charge in [0, 0.05) is 21.3 Å². The Kier molecular flexibility index (Phi) is 4.42. The molecule has 0 spiro atoms. The molecule has 0 atom stereocenters. The zero-order valence-electron chi connectivity index (χ0n) is 12.3. The summed E-state index contributed by atoms with van der Waals surface area (Å²) in [6.45, 7) is 1.75. The van der Waals surface area contributed by atoms with Gasteiger partial charge < -0.3 is 9.73 Å². The molecule has 1 heterocycles. The molecule has 0 aliphatic carbocycles. The van der Waals surface area contributed by atoms with E-state index in [0.717, 1.165) is 11.1 Å². The molecular formula is C18H13Cl2NO2. The Hall–Kier alpha value is -2.23. The fraction of sp³-hybridized carbons (Fsp3) is 0.0556. The average molecular weight is 346 g/mol. The summed E-state index contributed by atoms with van der Waals surface area (Å²) in [6.07, 6.45) is 1.49. The molecule has 3 nitrogen and oxygen atoms in total. The quantitative estimate of drug-likeness (QED) is 0.650. The Morgan fingerprint density at radius 3 is 2.39 bits per heavy atom. The molecule has 0 fully saturated rings. The van der Waals surface area contributed by atoms with Gasteiger partial charge in [-0.15, -0.1) is 0 Å². The van der Waals surface area contributed by atoms with Crippen LogP contribution in [0.1, 0.15) is 16.1 Å². The molecule has 3 aromatic rings. The Morgan fingerprint density at radius 1 is 1.04 bits per heavy atom. The first kappa shape index (κ1) is 15.7. The SMILES string of the molecule is Cc1occc1C(=O)Nc1ccccc1-c1cc(Cl)cc(Cl)c1. The second-order valence-corrected chi connectivity index (χ2v) is 5.92.